The standard InChI is InChI=1S/C19H20N4OS2/c24-18(16-8-4-13-25-16)22-9-5-10-23(12-11-22)19-20-17(21-26-19)14-15-6-2-1-3-7-15/h1-4,6-8,13H,5,9-12,14H2. The number of amides is 1. The van der Waals surface area contributed by atoms with E-state index in [-0.39, 0.29) is 5.91 Å². The minimum atomic E-state index is 0.142. The largest absolute Gasteiger partial charge is 0.345 e. The molecular weight excluding hydrogens is 364 g/mol. The zero-order valence-corrected chi connectivity index (χ0v) is 16.0. The molecule has 3 heterocycles. The maximum atomic E-state index is 12.6. The second kappa shape index (κ2) is 7.97. The number of rotatable bonds is 4. The molecule has 1 fully saturated rings. The first-order chi connectivity index (χ1) is 12.8. The van der Waals surface area contributed by atoms with Gasteiger partial charge in [-0.1, -0.05) is 36.4 Å². The van der Waals surface area contributed by atoms with Crippen LogP contribution in [0.3, 0.4) is 0 Å². The Bertz CT molecular complexity index is 848. The normalized spacial score (nSPS) is 15.1. The van der Waals surface area contributed by atoms with Gasteiger partial charge >= 0.3 is 0 Å². The van der Waals surface area contributed by atoms with Crippen LogP contribution >= 0.6 is 22.9 Å². The van der Waals surface area contributed by atoms with Crippen LogP contribution in [0, 0.1) is 0 Å². The van der Waals surface area contributed by atoms with E-state index in [0.717, 1.165) is 54.9 Å². The highest BCUT2D eigenvalue weighted by molar-refractivity contribution is 7.12. The summed E-state index contributed by atoms with van der Waals surface area (Å²) in [4.78, 5) is 22.3. The van der Waals surface area contributed by atoms with Crippen LogP contribution in [0.4, 0.5) is 5.13 Å². The summed E-state index contributed by atoms with van der Waals surface area (Å²) in [5.41, 5.74) is 1.22. The number of hydrogen-bond acceptors (Lipinski definition) is 6. The van der Waals surface area contributed by atoms with Crippen LogP contribution in [0.25, 0.3) is 0 Å². The van der Waals surface area contributed by atoms with Gasteiger partial charge in [-0.3, -0.25) is 4.79 Å². The molecule has 7 heteroatoms. The lowest BCUT2D eigenvalue weighted by Crippen LogP contribution is -2.34. The first-order valence-corrected chi connectivity index (χ1v) is 10.4. The molecule has 0 spiro atoms. The molecule has 0 N–H and O–H groups in total. The van der Waals surface area contributed by atoms with Crippen molar-refractivity contribution in [2.24, 2.45) is 0 Å². The summed E-state index contributed by atoms with van der Waals surface area (Å²) in [6, 6.07) is 14.1. The summed E-state index contributed by atoms with van der Waals surface area (Å²) in [6.45, 7) is 3.23. The minimum Gasteiger partial charge on any atom is -0.345 e. The molecule has 0 bridgehead atoms. The highest BCUT2D eigenvalue weighted by Gasteiger charge is 2.22. The summed E-state index contributed by atoms with van der Waals surface area (Å²) >= 11 is 2.96. The average molecular weight is 385 g/mol. The van der Waals surface area contributed by atoms with Gasteiger partial charge in [0.15, 0.2) is 0 Å². The summed E-state index contributed by atoms with van der Waals surface area (Å²) in [7, 11) is 0. The van der Waals surface area contributed by atoms with E-state index in [2.05, 4.69) is 21.4 Å². The Hall–Kier alpha value is -2.25. The number of thiophene rings is 1. The van der Waals surface area contributed by atoms with Crippen molar-refractivity contribution in [3.8, 4) is 0 Å². The zero-order chi connectivity index (χ0) is 17.8. The third-order valence-electron chi connectivity index (χ3n) is 4.45. The molecule has 3 aromatic rings. The van der Waals surface area contributed by atoms with Gasteiger partial charge in [0, 0.05) is 44.1 Å². The number of benzene rings is 1. The number of carbonyl (C=O) groups is 1. The monoisotopic (exact) mass is 384 g/mol. The van der Waals surface area contributed by atoms with Gasteiger partial charge in [-0.25, -0.2) is 4.98 Å². The highest BCUT2D eigenvalue weighted by atomic mass is 32.1. The van der Waals surface area contributed by atoms with Crippen LogP contribution in [0.15, 0.2) is 47.8 Å². The van der Waals surface area contributed by atoms with E-state index in [4.69, 9.17) is 4.98 Å². The van der Waals surface area contributed by atoms with Crippen molar-refractivity contribution in [1.82, 2.24) is 14.3 Å². The number of nitrogens with zero attached hydrogens (tertiary/aromatic N) is 4. The molecule has 134 valence electrons. The Balaban J connectivity index is 1.39. The van der Waals surface area contributed by atoms with Gasteiger partial charge in [0.05, 0.1) is 4.88 Å². The van der Waals surface area contributed by atoms with E-state index >= 15 is 0 Å². The molecule has 1 aliphatic heterocycles. The first-order valence-electron chi connectivity index (χ1n) is 8.74. The van der Waals surface area contributed by atoms with E-state index in [9.17, 15) is 4.79 Å². The molecule has 1 saturated heterocycles. The number of anilines is 1. The molecule has 0 saturated carbocycles. The molecule has 5 nitrogen and oxygen atoms in total. The maximum Gasteiger partial charge on any atom is 0.263 e. The van der Waals surface area contributed by atoms with Gasteiger partial charge in [0.1, 0.15) is 5.82 Å². The molecule has 2 aromatic heterocycles. The number of carbonyl (C=O) groups excluding carboxylic acids is 1. The van der Waals surface area contributed by atoms with Crippen LogP contribution in [-0.2, 0) is 6.42 Å². The lowest BCUT2D eigenvalue weighted by Gasteiger charge is -2.20. The van der Waals surface area contributed by atoms with Crippen molar-refractivity contribution in [3.63, 3.8) is 0 Å². The van der Waals surface area contributed by atoms with Crippen molar-refractivity contribution < 1.29 is 4.79 Å². The van der Waals surface area contributed by atoms with Gasteiger partial charge in [0.2, 0.25) is 5.13 Å². The molecule has 1 aromatic carbocycles. The highest BCUT2D eigenvalue weighted by Crippen LogP contribution is 2.21. The summed E-state index contributed by atoms with van der Waals surface area (Å²) in [5.74, 6) is 1.01. The molecule has 0 aliphatic carbocycles. The van der Waals surface area contributed by atoms with Gasteiger partial charge in [-0.05, 0) is 23.4 Å². The van der Waals surface area contributed by atoms with Crippen LogP contribution in [0.5, 0.6) is 0 Å². The van der Waals surface area contributed by atoms with E-state index in [0.29, 0.717) is 0 Å². The predicted octanol–water partition coefficient (Wildman–Crippen LogP) is 3.54. The number of hydrogen-bond donors (Lipinski definition) is 0. The number of aromatic nitrogens is 2. The first kappa shape index (κ1) is 17.2. The van der Waals surface area contributed by atoms with Gasteiger partial charge in [0.25, 0.3) is 5.91 Å². The maximum absolute atomic E-state index is 12.6. The predicted molar refractivity (Wildman–Crippen MR) is 106 cm³/mol. The van der Waals surface area contributed by atoms with Gasteiger partial charge < -0.3 is 9.80 Å². The average Bonchev–Trinajstić information content (AvgIpc) is 3.30. The lowest BCUT2D eigenvalue weighted by atomic mass is 10.1. The Labute approximate surface area is 161 Å². The second-order valence-corrected chi connectivity index (χ2v) is 7.94. The van der Waals surface area contributed by atoms with Crippen LogP contribution in [0.2, 0.25) is 0 Å². The van der Waals surface area contributed by atoms with Crippen molar-refractivity contribution in [3.05, 3.63) is 64.1 Å². The summed E-state index contributed by atoms with van der Waals surface area (Å²) < 4.78 is 4.52. The van der Waals surface area contributed by atoms with Crippen molar-refractivity contribution in [1.29, 1.82) is 0 Å². The molecule has 4 rings (SSSR count). The summed E-state index contributed by atoms with van der Waals surface area (Å²) in [5, 5.41) is 2.91. The smallest absolute Gasteiger partial charge is 0.263 e. The van der Waals surface area contributed by atoms with Crippen molar-refractivity contribution in [2.75, 3.05) is 31.1 Å². The van der Waals surface area contributed by atoms with Crippen molar-refractivity contribution in [2.45, 2.75) is 12.8 Å². The third kappa shape index (κ3) is 3.94. The van der Waals surface area contributed by atoms with Gasteiger partial charge in [-0.2, -0.15) is 4.37 Å². The Morgan fingerprint density at radius 3 is 2.73 bits per heavy atom. The Morgan fingerprint density at radius 1 is 1.04 bits per heavy atom. The Kier molecular flexibility index (Phi) is 5.26. The molecule has 26 heavy (non-hydrogen) atoms. The second-order valence-electron chi connectivity index (χ2n) is 6.27. The molecular formula is C19H20N4OS2. The van der Waals surface area contributed by atoms with Crippen LogP contribution in [0.1, 0.15) is 27.5 Å². The molecule has 0 radical (unpaired) electrons. The zero-order valence-electron chi connectivity index (χ0n) is 14.4. The van der Waals surface area contributed by atoms with Gasteiger partial charge in [-0.15, -0.1) is 11.3 Å². The Morgan fingerprint density at radius 2 is 1.92 bits per heavy atom. The molecule has 1 aliphatic rings. The van der Waals surface area contributed by atoms with Crippen LogP contribution in [-0.4, -0.2) is 46.3 Å². The summed E-state index contributed by atoms with van der Waals surface area (Å²) in [6.07, 6.45) is 1.71. The quantitative estimate of drug-likeness (QED) is 0.690. The minimum absolute atomic E-state index is 0.142. The molecule has 1 amide bonds. The van der Waals surface area contributed by atoms with E-state index in [1.807, 2.05) is 40.6 Å². The van der Waals surface area contributed by atoms with E-state index < -0.39 is 0 Å². The fraction of sp³-hybridized carbons (Fsp3) is 0.316. The topological polar surface area (TPSA) is 49.3 Å². The fourth-order valence-electron chi connectivity index (χ4n) is 3.09. The third-order valence-corrected chi connectivity index (χ3v) is 6.12. The fourth-order valence-corrected chi connectivity index (χ4v) is 4.52. The lowest BCUT2D eigenvalue weighted by molar-refractivity contribution is 0.0772. The van der Waals surface area contributed by atoms with Crippen LogP contribution < -0.4 is 4.90 Å². The molecule has 0 unspecified atom stereocenters. The SMILES string of the molecule is O=C(c1cccs1)N1CCCN(c2nc(Cc3ccccc3)ns2)CC1. The molecule has 0 atom stereocenters. The van der Waals surface area contributed by atoms with E-state index in [1.54, 1.807) is 0 Å². The van der Waals surface area contributed by atoms with Crippen molar-refractivity contribution >= 4 is 33.9 Å². The van der Waals surface area contributed by atoms with E-state index in [1.165, 1.54) is 28.4 Å².